The van der Waals surface area contributed by atoms with Crippen molar-refractivity contribution in [3.8, 4) is 0 Å². The first kappa shape index (κ1) is 18.7. The van der Waals surface area contributed by atoms with E-state index < -0.39 is 5.97 Å². The lowest BCUT2D eigenvalue weighted by molar-refractivity contribution is -0.692. The van der Waals surface area contributed by atoms with E-state index in [0.717, 1.165) is 17.2 Å². The van der Waals surface area contributed by atoms with Crippen LogP contribution in [0.4, 0.5) is 0 Å². The van der Waals surface area contributed by atoms with E-state index in [1.165, 1.54) is 6.08 Å². The van der Waals surface area contributed by atoms with E-state index in [-0.39, 0.29) is 31.1 Å². The molecule has 1 amide bonds. The Morgan fingerprint density at radius 1 is 1.42 bits per heavy atom. The molecule has 138 valence electrons. The van der Waals surface area contributed by atoms with Gasteiger partial charge in [0, 0.05) is 36.0 Å². The quantitative estimate of drug-likeness (QED) is 0.305. The first-order valence-corrected chi connectivity index (χ1v) is 9.68. The molecule has 1 unspecified atom stereocenters. The maximum Gasteiger partial charge on any atom is 0.356 e. The minimum atomic E-state index is -0.488. The number of aliphatic hydroxyl groups excluding tert-OH is 1. The molecule has 1 saturated heterocycles. The SMILES string of the molecule is C=CCOC(=O)C1=C(SCC[n+]2ccccc2)C(CCO)[C@H]2CC(=O)N12. The lowest BCUT2D eigenvalue weighted by atomic mass is 9.90. The number of hydrogen-bond donors (Lipinski definition) is 1. The number of β-lactam (4-membered cyclic amide) rings is 1. The van der Waals surface area contributed by atoms with Crippen LogP contribution < -0.4 is 4.57 Å². The van der Waals surface area contributed by atoms with Gasteiger partial charge in [0.25, 0.3) is 0 Å². The summed E-state index contributed by atoms with van der Waals surface area (Å²) in [7, 11) is 0. The van der Waals surface area contributed by atoms with Gasteiger partial charge in [0.2, 0.25) is 5.91 Å². The summed E-state index contributed by atoms with van der Waals surface area (Å²) < 4.78 is 7.28. The van der Waals surface area contributed by atoms with Gasteiger partial charge in [-0.1, -0.05) is 18.7 Å². The van der Waals surface area contributed by atoms with E-state index in [1.807, 2.05) is 30.6 Å². The van der Waals surface area contributed by atoms with Crippen LogP contribution in [0.15, 0.2) is 53.8 Å². The van der Waals surface area contributed by atoms with Crippen molar-refractivity contribution in [2.45, 2.75) is 25.4 Å². The molecular formula is C19H23N2O4S+. The summed E-state index contributed by atoms with van der Waals surface area (Å²) in [6.07, 6.45) is 6.44. The zero-order chi connectivity index (χ0) is 18.5. The summed E-state index contributed by atoms with van der Waals surface area (Å²) >= 11 is 1.57. The lowest BCUT2D eigenvalue weighted by Gasteiger charge is -2.38. The number of carbonyl (C=O) groups excluding carboxylic acids is 2. The number of fused-ring (bicyclic) bond motifs is 1. The van der Waals surface area contributed by atoms with Crippen LogP contribution in [0.25, 0.3) is 0 Å². The molecule has 0 spiro atoms. The number of thioether (sulfide) groups is 1. The average molecular weight is 375 g/mol. The normalized spacial score (nSPS) is 21.4. The fourth-order valence-electron chi connectivity index (χ4n) is 3.41. The molecule has 3 rings (SSSR count). The van der Waals surface area contributed by atoms with Crippen molar-refractivity contribution in [3.05, 3.63) is 53.8 Å². The van der Waals surface area contributed by atoms with Gasteiger partial charge in [-0.3, -0.25) is 4.79 Å². The lowest BCUT2D eigenvalue weighted by Crippen LogP contribution is -2.52. The van der Waals surface area contributed by atoms with E-state index >= 15 is 0 Å². The van der Waals surface area contributed by atoms with Crippen molar-refractivity contribution in [3.63, 3.8) is 0 Å². The van der Waals surface area contributed by atoms with Gasteiger partial charge in [-0.2, -0.15) is 0 Å². The highest BCUT2D eigenvalue weighted by molar-refractivity contribution is 8.03. The fraction of sp³-hybridized carbons (Fsp3) is 0.421. The van der Waals surface area contributed by atoms with Crippen molar-refractivity contribution in [2.75, 3.05) is 19.0 Å². The van der Waals surface area contributed by atoms with Crippen LogP contribution in [0.1, 0.15) is 12.8 Å². The number of nitrogens with zero attached hydrogens (tertiary/aromatic N) is 2. The molecule has 26 heavy (non-hydrogen) atoms. The molecule has 7 heteroatoms. The molecule has 1 fully saturated rings. The number of amides is 1. The summed E-state index contributed by atoms with van der Waals surface area (Å²) in [6, 6.07) is 5.87. The third-order valence-electron chi connectivity index (χ3n) is 4.61. The number of carbonyl (C=O) groups is 2. The summed E-state index contributed by atoms with van der Waals surface area (Å²) in [5, 5.41) is 9.44. The number of hydrogen-bond acceptors (Lipinski definition) is 5. The van der Waals surface area contributed by atoms with E-state index in [4.69, 9.17) is 4.74 Å². The maximum atomic E-state index is 12.5. The highest BCUT2D eigenvalue weighted by Crippen LogP contribution is 2.48. The second kappa shape index (κ2) is 8.51. The number of esters is 1. The molecule has 3 heterocycles. The van der Waals surface area contributed by atoms with Gasteiger partial charge in [-0.25, -0.2) is 9.36 Å². The van der Waals surface area contributed by atoms with E-state index in [2.05, 4.69) is 11.1 Å². The molecule has 1 aromatic rings. The van der Waals surface area contributed by atoms with Crippen molar-refractivity contribution in [1.29, 1.82) is 0 Å². The summed E-state index contributed by atoms with van der Waals surface area (Å²) in [6.45, 7) is 4.47. The molecule has 1 N–H and O–H groups in total. The van der Waals surface area contributed by atoms with Gasteiger partial charge in [-0.15, -0.1) is 11.8 Å². The fourth-order valence-corrected chi connectivity index (χ4v) is 4.74. The Kier molecular flexibility index (Phi) is 6.11. The molecule has 1 aromatic heterocycles. The molecule has 6 nitrogen and oxygen atoms in total. The van der Waals surface area contributed by atoms with Crippen molar-refractivity contribution in [2.24, 2.45) is 5.92 Å². The zero-order valence-electron chi connectivity index (χ0n) is 14.5. The number of aliphatic hydroxyl groups is 1. The number of rotatable bonds is 9. The molecule has 2 aliphatic heterocycles. The first-order chi connectivity index (χ1) is 12.7. The summed E-state index contributed by atoms with van der Waals surface area (Å²) in [5.41, 5.74) is 0.356. The third kappa shape index (κ3) is 3.68. The Bertz CT molecular complexity index is 720. The molecule has 0 saturated carbocycles. The van der Waals surface area contributed by atoms with Crippen molar-refractivity contribution >= 4 is 23.6 Å². The smallest absolute Gasteiger partial charge is 0.356 e. The average Bonchev–Trinajstić information content (AvgIpc) is 2.89. The van der Waals surface area contributed by atoms with Crippen LogP contribution in [0.5, 0.6) is 0 Å². The Labute approximate surface area is 157 Å². The van der Waals surface area contributed by atoms with Gasteiger partial charge >= 0.3 is 5.97 Å². The molecule has 0 aromatic carbocycles. The van der Waals surface area contributed by atoms with Crippen LogP contribution >= 0.6 is 11.8 Å². The zero-order valence-corrected chi connectivity index (χ0v) is 15.4. The van der Waals surface area contributed by atoms with Crippen molar-refractivity contribution in [1.82, 2.24) is 4.90 Å². The van der Waals surface area contributed by atoms with Crippen LogP contribution in [0, 0.1) is 5.92 Å². The Morgan fingerprint density at radius 3 is 2.85 bits per heavy atom. The minimum Gasteiger partial charge on any atom is -0.457 e. The molecule has 2 aliphatic rings. The Balaban J connectivity index is 1.79. The predicted molar refractivity (Wildman–Crippen MR) is 97.7 cm³/mol. The van der Waals surface area contributed by atoms with Crippen LogP contribution in [0.2, 0.25) is 0 Å². The standard InChI is InChI=1S/C19H23N2O4S/c1-2-11-25-19(24)17-18(26-12-9-20-7-4-3-5-8-20)14(6-10-22)15-13-16(23)21(15)17/h2-5,7-8,14-15,22H,1,6,9-13H2/q+1/t14?,15-/m1/s1. The number of pyridine rings is 1. The number of ether oxygens (including phenoxy) is 1. The highest BCUT2D eigenvalue weighted by Gasteiger charge is 2.53. The van der Waals surface area contributed by atoms with Crippen LogP contribution in [-0.4, -0.2) is 46.9 Å². The Morgan fingerprint density at radius 2 is 2.19 bits per heavy atom. The van der Waals surface area contributed by atoms with Gasteiger partial charge in [0.05, 0.1) is 11.8 Å². The molecular weight excluding hydrogens is 352 g/mol. The van der Waals surface area contributed by atoms with Gasteiger partial charge in [0.1, 0.15) is 12.3 Å². The van der Waals surface area contributed by atoms with Crippen LogP contribution in [0.3, 0.4) is 0 Å². The van der Waals surface area contributed by atoms with E-state index in [9.17, 15) is 14.7 Å². The topological polar surface area (TPSA) is 70.7 Å². The largest absolute Gasteiger partial charge is 0.457 e. The molecule has 0 radical (unpaired) electrons. The highest BCUT2D eigenvalue weighted by atomic mass is 32.2. The van der Waals surface area contributed by atoms with Gasteiger partial charge in [-0.05, 0) is 6.42 Å². The second-order valence-electron chi connectivity index (χ2n) is 6.22. The minimum absolute atomic E-state index is 0.00486. The van der Waals surface area contributed by atoms with Gasteiger partial charge < -0.3 is 14.7 Å². The summed E-state index contributed by atoms with van der Waals surface area (Å²) in [4.78, 5) is 27.0. The second-order valence-corrected chi connectivity index (χ2v) is 7.35. The number of aryl methyl sites for hydroxylation is 1. The molecule has 0 aliphatic carbocycles. The van der Waals surface area contributed by atoms with Crippen LogP contribution in [-0.2, 0) is 20.9 Å². The Hall–Kier alpha value is -2.12. The van der Waals surface area contributed by atoms with E-state index in [1.54, 1.807) is 16.7 Å². The predicted octanol–water partition coefficient (Wildman–Crippen LogP) is 1.26. The third-order valence-corrected chi connectivity index (χ3v) is 5.80. The maximum absolute atomic E-state index is 12.5. The number of aromatic nitrogens is 1. The van der Waals surface area contributed by atoms with Crippen molar-refractivity contribution < 1.29 is 24.0 Å². The summed E-state index contributed by atoms with van der Waals surface area (Å²) in [5.74, 6) is 0.211. The molecule has 2 atom stereocenters. The monoisotopic (exact) mass is 375 g/mol. The van der Waals surface area contributed by atoms with Gasteiger partial charge in [0.15, 0.2) is 18.9 Å². The van der Waals surface area contributed by atoms with E-state index in [0.29, 0.717) is 18.5 Å². The molecule has 0 bridgehead atoms. The first-order valence-electron chi connectivity index (χ1n) is 8.69.